The Morgan fingerprint density at radius 1 is 1.22 bits per heavy atom. The summed E-state index contributed by atoms with van der Waals surface area (Å²) in [6, 6.07) is 7.81. The smallest absolute Gasteiger partial charge is 0.266 e. The van der Waals surface area contributed by atoms with Gasteiger partial charge in [-0.1, -0.05) is 23.2 Å². The van der Waals surface area contributed by atoms with Crippen LogP contribution in [-0.2, 0) is 6.54 Å². The predicted molar refractivity (Wildman–Crippen MR) is 108 cm³/mol. The zero-order valence-electron chi connectivity index (χ0n) is 14.6. The third kappa shape index (κ3) is 4.55. The molecule has 3 aromatic rings. The van der Waals surface area contributed by atoms with E-state index in [1.807, 2.05) is 13.8 Å². The maximum atomic E-state index is 12.2. The molecule has 0 fully saturated rings. The molecule has 27 heavy (non-hydrogen) atoms. The Kier molecular flexibility index (Phi) is 5.94. The molecule has 1 aromatic carbocycles. The van der Waals surface area contributed by atoms with Crippen molar-refractivity contribution in [1.82, 2.24) is 20.1 Å². The van der Waals surface area contributed by atoms with Crippen molar-refractivity contribution >= 4 is 40.4 Å². The molecular formula is C18H16Cl2N4O2S. The van der Waals surface area contributed by atoms with E-state index < -0.39 is 0 Å². The first kappa shape index (κ1) is 19.5. The van der Waals surface area contributed by atoms with Crippen LogP contribution in [0.1, 0.15) is 21.1 Å². The molecule has 0 saturated carbocycles. The van der Waals surface area contributed by atoms with E-state index in [2.05, 4.69) is 15.4 Å². The molecule has 6 nitrogen and oxygen atoms in total. The molecule has 140 valence electrons. The highest BCUT2D eigenvalue weighted by molar-refractivity contribution is 7.15. The molecule has 0 aliphatic rings. The van der Waals surface area contributed by atoms with Crippen molar-refractivity contribution in [3.05, 3.63) is 67.0 Å². The molecule has 0 atom stereocenters. The van der Waals surface area contributed by atoms with Gasteiger partial charge in [-0.05, 0) is 38.1 Å². The third-order valence-corrected chi connectivity index (χ3v) is 5.43. The van der Waals surface area contributed by atoms with Crippen LogP contribution in [0.25, 0.3) is 10.6 Å². The third-order valence-electron chi connectivity index (χ3n) is 3.79. The molecule has 0 radical (unpaired) electrons. The van der Waals surface area contributed by atoms with Gasteiger partial charge in [-0.15, -0.1) is 11.3 Å². The summed E-state index contributed by atoms with van der Waals surface area (Å²) in [4.78, 5) is 29.6. The lowest BCUT2D eigenvalue weighted by Gasteiger charge is -2.09. The number of rotatable bonds is 5. The standard InChI is InChI=1S/C18H16Cl2N4O2S/c1-10-17(27-11(2)22-10)15-5-6-16(25)24(23-15)8-7-21-18(26)13-4-3-12(19)9-14(13)20/h3-6,9H,7-8H2,1-2H3,(H,21,26). The monoisotopic (exact) mass is 422 g/mol. The largest absolute Gasteiger partial charge is 0.350 e. The van der Waals surface area contributed by atoms with Crippen LogP contribution in [0.4, 0.5) is 0 Å². The molecule has 0 unspecified atom stereocenters. The van der Waals surface area contributed by atoms with E-state index in [0.29, 0.717) is 16.3 Å². The van der Waals surface area contributed by atoms with E-state index in [0.717, 1.165) is 15.6 Å². The van der Waals surface area contributed by atoms with Crippen LogP contribution in [0.2, 0.25) is 10.0 Å². The summed E-state index contributed by atoms with van der Waals surface area (Å²) in [6.45, 7) is 4.30. The van der Waals surface area contributed by atoms with E-state index in [4.69, 9.17) is 23.2 Å². The number of amides is 1. The van der Waals surface area contributed by atoms with Gasteiger partial charge in [0, 0.05) is 17.6 Å². The molecular weight excluding hydrogens is 407 g/mol. The minimum atomic E-state index is -0.338. The summed E-state index contributed by atoms with van der Waals surface area (Å²) in [5.41, 5.74) is 1.65. The Bertz CT molecular complexity index is 1060. The Morgan fingerprint density at radius 3 is 2.67 bits per heavy atom. The van der Waals surface area contributed by atoms with Gasteiger partial charge in [0.25, 0.3) is 11.5 Å². The summed E-state index contributed by atoms with van der Waals surface area (Å²) < 4.78 is 1.33. The van der Waals surface area contributed by atoms with Crippen LogP contribution in [0, 0.1) is 13.8 Å². The van der Waals surface area contributed by atoms with Crippen molar-refractivity contribution in [2.75, 3.05) is 6.54 Å². The SMILES string of the molecule is Cc1nc(C)c(-c2ccc(=O)n(CCNC(=O)c3ccc(Cl)cc3Cl)n2)s1. The molecule has 9 heteroatoms. The molecule has 0 aliphatic heterocycles. The van der Waals surface area contributed by atoms with Gasteiger partial charge in [-0.25, -0.2) is 9.67 Å². The van der Waals surface area contributed by atoms with E-state index in [9.17, 15) is 9.59 Å². The van der Waals surface area contributed by atoms with E-state index in [-0.39, 0.29) is 29.6 Å². The Balaban J connectivity index is 1.71. The van der Waals surface area contributed by atoms with Crippen LogP contribution in [0.5, 0.6) is 0 Å². The van der Waals surface area contributed by atoms with Crippen molar-refractivity contribution in [2.24, 2.45) is 0 Å². The minimum absolute atomic E-state index is 0.231. The summed E-state index contributed by atoms with van der Waals surface area (Å²) in [5.74, 6) is -0.338. The number of hydrogen-bond donors (Lipinski definition) is 1. The lowest BCUT2D eigenvalue weighted by molar-refractivity contribution is 0.0952. The first-order chi connectivity index (χ1) is 12.8. The van der Waals surface area contributed by atoms with Crippen LogP contribution >= 0.6 is 34.5 Å². The minimum Gasteiger partial charge on any atom is -0.350 e. The highest BCUT2D eigenvalue weighted by Crippen LogP contribution is 2.27. The van der Waals surface area contributed by atoms with E-state index in [1.54, 1.807) is 18.2 Å². The normalized spacial score (nSPS) is 10.8. The fourth-order valence-corrected chi connectivity index (χ4v) is 3.92. The van der Waals surface area contributed by atoms with Crippen LogP contribution in [0.3, 0.4) is 0 Å². The van der Waals surface area contributed by atoms with Crippen molar-refractivity contribution in [3.8, 4) is 10.6 Å². The molecule has 3 rings (SSSR count). The number of carbonyl (C=O) groups excluding carboxylic acids is 1. The van der Waals surface area contributed by atoms with Gasteiger partial charge in [0.05, 0.1) is 32.7 Å². The van der Waals surface area contributed by atoms with Gasteiger partial charge >= 0.3 is 0 Å². The zero-order valence-corrected chi connectivity index (χ0v) is 17.0. The fraction of sp³-hybridized carbons (Fsp3) is 0.222. The van der Waals surface area contributed by atoms with E-state index in [1.165, 1.54) is 28.2 Å². The van der Waals surface area contributed by atoms with Crippen molar-refractivity contribution < 1.29 is 4.79 Å². The topological polar surface area (TPSA) is 76.9 Å². The number of nitrogens with zero attached hydrogens (tertiary/aromatic N) is 3. The Hall–Kier alpha value is -2.22. The van der Waals surface area contributed by atoms with Gasteiger partial charge in [0.15, 0.2) is 0 Å². The first-order valence-corrected chi connectivity index (χ1v) is 9.68. The number of nitrogens with one attached hydrogen (secondary N) is 1. The lowest BCUT2D eigenvalue weighted by atomic mass is 10.2. The maximum absolute atomic E-state index is 12.2. The fourth-order valence-electron chi connectivity index (χ4n) is 2.54. The number of benzene rings is 1. The molecule has 2 aromatic heterocycles. The molecule has 0 aliphatic carbocycles. The number of aryl methyl sites for hydroxylation is 2. The quantitative estimate of drug-likeness (QED) is 0.679. The molecule has 2 heterocycles. The van der Waals surface area contributed by atoms with Crippen molar-refractivity contribution in [1.29, 1.82) is 0 Å². The second kappa shape index (κ2) is 8.21. The second-order valence-electron chi connectivity index (χ2n) is 5.81. The molecule has 1 amide bonds. The number of thiazole rings is 1. The average molecular weight is 423 g/mol. The predicted octanol–water partition coefficient (Wildman–Crippen LogP) is 3.72. The van der Waals surface area contributed by atoms with Crippen molar-refractivity contribution in [3.63, 3.8) is 0 Å². The Morgan fingerprint density at radius 2 is 2.00 bits per heavy atom. The van der Waals surface area contributed by atoms with Gasteiger partial charge in [-0.3, -0.25) is 9.59 Å². The maximum Gasteiger partial charge on any atom is 0.266 e. The number of hydrogen-bond acceptors (Lipinski definition) is 5. The molecule has 0 bridgehead atoms. The summed E-state index contributed by atoms with van der Waals surface area (Å²) >= 11 is 13.4. The lowest BCUT2D eigenvalue weighted by Crippen LogP contribution is -2.32. The number of halogens is 2. The van der Waals surface area contributed by atoms with Crippen molar-refractivity contribution in [2.45, 2.75) is 20.4 Å². The average Bonchev–Trinajstić information content (AvgIpc) is 2.94. The summed E-state index contributed by atoms with van der Waals surface area (Å²) in [5, 5.41) is 8.80. The van der Waals surface area contributed by atoms with Gasteiger partial charge in [-0.2, -0.15) is 5.10 Å². The molecule has 0 saturated heterocycles. The highest BCUT2D eigenvalue weighted by atomic mass is 35.5. The number of carbonyl (C=O) groups is 1. The molecule has 1 N–H and O–H groups in total. The summed E-state index contributed by atoms with van der Waals surface area (Å²) in [7, 11) is 0. The second-order valence-corrected chi connectivity index (χ2v) is 7.85. The van der Waals surface area contributed by atoms with Crippen LogP contribution in [0.15, 0.2) is 35.1 Å². The molecule has 0 spiro atoms. The van der Waals surface area contributed by atoms with Crippen LogP contribution < -0.4 is 10.9 Å². The highest BCUT2D eigenvalue weighted by Gasteiger charge is 2.12. The van der Waals surface area contributed by atoms with Gasteiger partial charge in [0.1, 0.15) is 5.69 Å². The van der Waals surface area contributed by atoms with E-state index >= 15 is 0 Å². The Labute approximate surface area is 169 Å². The summed E-state index contributed by atoms with van der Waals surface area (Å²) in [6.07, 6.45) is 0. The van der Waals surface area contributed by atoms with Gasteiger partial charge in [0.2, 0.25) is 0 Å². The van der Waals surface area contributed by atoms with Crippen LogP contribution in [-0.4, -0.2) is 27.2 Å². The number of aromatic nitrogens is 3. The first-order valence-electron chi connectivity index (χ1n) is 8.11. The van der Waals surface area contributed by atoms with Gasteiger partial charge < -0.3 is 5.32 Å². The zero-order chi connectivity index (χ0) is 19.6.